The van der Waals surface area contributed by atoms with Gasteiger partial charge < -0.3 is 15.0 Å². The van der Waals surface area contributed by atoms with Crippen LogP contribution in [0.4, 0.5) is 23.7 Å². The summed E-state index contributed by atoms with van der Waals surface area (Å²) in [6, 6.07) is 4.92. The van der Waals surface area contributed by atoms with Gasteiger partial charge in [0.15, 0.2) is 0 Å². The number of unbranched alkanes of at least 4 members (excludes halogenated alkanes) is 3. The maximum Gasteiger partial charge on any atom is 0.573 e. The average molecular weight is 417 g/mol. The average Bonchev–Trinajstić information content (AvgIpc) is 2.68. The summed E-state index contributed by atoms with van der Waals surface area (Å²) < 4.78 is 40.0. The van der Waals surface area contributed by atoms with E-state index in [4.69, 9.17) is 0 Å². The van der Waals surface area contributed by atoms with Gasteiger partial charge in [-0.25, -0.2) is 4.79 Å². The van der Waals surface area contributed by atoms with Gasteiger partial charge >= 0.3 is 12.4 Å². The van der Waals surface area contributed by atoms with Gasteiger partial charge in [0.25, 0.3) is 0 Å². The van der Waals surface area contributed by atoms with Crippen LogP contribution in [0.15, 0.2) is 24.3 Å². The standard InChI is InChI=1S/C16H21F3N2O2.C6H14/c1-2-3-12-8-10-21(11-9-12)15(22)20-13-4-6-14(7-5-13)23-16(17,18)19;1-3-5-6-4-2/h4-7,12H,2-3,8-11H2,1H3,(H,20,22);3-6H2,1-2H3. The number of likely N-dealkylation sites (tertiary alicyclic amines) is 1. The number of ether oxygens (including phenoxy) is 1. The Bertz CT molecular complexity index is 564. The number of alkyl halides is 3. The largest absolute Gasteiger partial charge is 0.573 e. The Balaban J connectivity index is 0.000000612. The maximum absolute atomic E-state index is 12.1. The van der Waals surface area contributed by atoms with Gasteiger partial charge in [0.2, 0.25) is 0 Å². The number of nitrogens with zero attached hydrogens (tertiary/aromatic N) is 1. The number of piperidine rings is 1. The van der Waals surface area contributed by atoms with Crippen molar-refractivity contribution in [3.05, 3.63) is 24.3 Å². The summed E-state index contributed by atoms with van der Waals surface area (Å²) in [7, 11) is 0. The van der Waals surface area contributed by atoms with Crippen LogP contribution in [-0.4, -0.2) is 30.4 Å². The van der Waals surface area contributed by atoms with Crippen LogP contribution in [0.2, 0.25) is 0 Å². The summed E-state index contributed by atoms with van der Waals surface area (Å²) >= 11 is 0. The van der Waals surface area contributed by atoms with Crippen molar-refractivity contribution in [2.24, 2.45) is 5.92 Å². The summed E-state index contributed by atoms with van der Waals surface area (Å²) in [6.45, 7) is 8.05. The molecule has 1 aliphatic heterocycles. The van der Waals surface area contributed by atoms with E-state index in [1.807, 2.05) is 0 Å². The van der Waals surface area contributed by atoms with E-state index in [2.05, 4.69) is 30.8 Å². The zero-order chi connectivity index (χ0) is 21.7. The molecule has 2 rings (SSSR count). The lowest BCUT2D eigenvalue weighted by atomic mass is 9.93. The molecule has 0 spiro atoms. The molecule has 4 nitrogen and oxygen atoms in total. The first-order valence-electron chi connectivity index (χ1n) is 10.7. The van der Waals surface area contributed by atoms with Gasteiger partial charge in [-0.2, -0.15) is 0 Å². The molecular weight excluding hydrogens is 381 g/mol. The highest BCUT2D eigenvalue weighted by molar-refractivity contribution is 5.89. The smallest absolute Gasteiger partial charge is 0.406 e. The van der Waals surface area contributed by atoms with E-state index in [1.54, 1.807) is 4.90 Å². The van der Waals surface area contributed by atoms with E-state index < -0.39 is 6.36 Å². The molecule has 0 radical (unpaired) electrons. The number of hydrogen-bond donors (Lipinski definition) is 1. The zero-order valence-corrected chi connectivity index (χ0v) is 17.9. The van der Waals surface area contributed by atoms with Gasteiger partial charge in [-0.05, 0) is 43.0 Å². The van der Waals surface area contributed by atoms with Crippen molar-refractivity contribution in [3.63, 3.8) is 0 Å². The summed E-state index contributed by atoms with van der Waals surface area (Å²) in [5.41, 5.74) is 0.445. The number of halogens is 3. The first-order chi connectivity index (χ1) is 13.8. The monoisotopic (exact) mass is 416 g/mol. The summed E-state index contributed by atoms with van der Waals surface area (Å²) in [6.07, 6.45) is 5.17. The van der Waals surface area contributed by atoms with Gasteiger partial charge in [-0.15, -0.1) is 13.2 Å². The number of urea groups is 1. The minimum absolute atomic E-state index is 0.218. The molecule has 0 aliphatic carbocycles. The predicted octanol–water partition coefficient (Wildman–Crippen LogP) is 7.22. The van der Waals surface area contributed by atoms with E-state index >= 15 is 0 Å². The van der Waals surface area contributed by atoms with E-state index in [1.165, 1.54) is 56.4 Å². The summed E-state index contributed by atoms with van der Waals surface area (Å²) in [5, 5.41) is 2.70. The Kier molecular flexibility index (Phi) is 11.5. The highest BCUT2D eigenvalue weighted by atomic mass is 19.4. The van der Waals surface area contributed by atoms with Crippen LogP contribution in [0.5, 0.6) is 5.75 Å². The van der Waals surface area contributed by atoms with Crippen LogP contribution in [-0.2, 0) is 0 Å². The number of anilines is 1. The van der Waals surface area contributed by atoms with Crippen molar-refractivity contribution in [1.29, 1.82) is 0 Å². The Labute approximate surface area is 172 Å². The molecule has 1 heterocycles. The highest BCUT2D eigenvalue weighted by Crippen LogP contribution is 2.25. The fourth-order valence-corrected chi connectivity index (χ4v) is 3.28. The van der Waals surface area contributed by atoms with E-state index in [0.29, 0.717) is 24.7 Å². The first-order valence-corrected chi connectivity index (χ1v) is 10.7. The molecule has 1 aromatic carbocycles. The van der Waals surface area contributed by atoms with Crippen molar-refractivity contribution in [2.75, 3.05) is 18.4 Å². The van der Waals surface area contributed by atoms with Crippen LogP contribution < -0.4 is 10.1 Å². The molecule has 0 atom stereocenters. The second-order valence-electron chi connectivity index (χ2n) is 7.43. The van der Waals surface area contributed by atoms with Crippen LogP contribution in [0, 0.1) is 5.92 Å². The van der Waals surface area contributed by atoms with Gasteiger partial charge in [0.05, 0.1) is 0 Å². The molecular formula is C22H35F3N2O2. The number of hydrogen-bond acceptors (Lipinski definition) is 2. The lowest BCUT2D eigenvalue weighted by Crippen LogP contribution is -2.41. The maximum atomic E-state index is 12.1. The molecule has 166 valence electrons. The van der Waals surface area contributed by atoms with Gasteiger partial charge in [0.1, 0.15) is 5.75 Å². The Morgan fingerprint density at radius 3 is 2.03 bits per heavy atom. The first kappa shape index (κ1) is 25.1. The predicted molar refractivity (Wildman–Crippen MR) is 111 cm³/mol. The van der Waals surface area contributed by atoms with Gasteiger partial charge in [-0.1, -0.05) is 59.3 Å². The molecule has 0 bridgehead atoms. The SMILES string of the molecule is CCCC1CCN(C(=O)Nc2ccc(OC(F)(F)F)cc2)CC1.CCCCCC. The van der Waals surface area contributed by atoms with Crippen molar-refractivity contribution in [2.45, 2.75) is 78.5 Å². The van der Waals surface area contributed by atoms with Crippen LogP contribution in [0.1, 0.15) is 72.1 Å². The van der Waals surface area contributed by atoms with Crippen molar-refractivity contribution < 1.29 is 22.7 Å². The number of carbonyl (C=O) groups is 1. The number of rotatable bonds is 7. The molecule has 2 amide bonds. The van der Waals surface area contributed by atoms with E-state index in [9.17, 15) is 18.0 Å². The highest BCUT2D eigenvalue weighted by Gasteiger charge is 2.31. The van der Waals surface area contributed by atoms with E-state index in [-0.39, 0.29) is 11.8 Å². The quantitative estimate of drug-likeness (QED) is 0.477. The Hall–Kier alpha value is -1.92. The molecule has 0 saturated carbocycles. The van der Waals surface area contributed by atoms with Crippen LogP contribution in [0.25, 0.3) is 0 Å². The van der Waals surface area contributed by atoms with Gasteiger partial charge in [-0.3, -0.25) is 0 Å². The second-order valence-corrected chi connectivity index (χ2v) is 7.43. The van der Waals surface area contributed by atoms with Crippen molar-refractivity contribution in [3.8, 4) is 5.75 Å². The number of amides is 2. The van der Waals surface area contributed by atoms with Crippen LogP contribution >= 0.6 is 0 Å². The normalized spacial score (nSPS) is 14.8. The number of carbonyl (C=O) groups excluding carboxylic acids is 1. The molecule has 1 aliphatic rings. The molecule has 1 fully saturated rings. The molecule has 0 unspecified atom stereocenters. The topological polar surface area (TPSA) is 41.6 Å². The van der Waals surface area contributed by atoms with Crippen LogP contribution in [0.3, 0.4) is 0 Å². The van der Waals surface area contributed by atoms with Crippen molar-refractivity contribution >= 4 is 11.7 Å². The molecule has 0 aromatic heterocycles. The third-order valence-corrected chi connectivity index (χ3v) is 4.89. The number of benzene rings is 1. The summed E-state index contributed by atoms with van der Waals surface area (Å²) in [4.78, 5) is 13.9. The zero-order valence-electron chi connectivity index (χ0n) is 17.9. The van der Waals surface area contributed by atoms with Gasteiger partial charge in [0, 0.05) is 18.8 Å². The Morgan fingerprint density at radius 2 is 1.59 bits per heavy atom. The fourth-order valence-electron chi connectivity index (χ4n) is 3.28. The van der Waals surface area contributed by atoms with E-state index in [0.717, 1.165) is 19.3 Å². The second kappa shape index (κ2) is 13.3. The third kappa shape index (κ3) is 11.0. The summed E-state index contributed by atoms with van der Waals surface area (Å²) in [5.74, 6) is 0.374. The molecule has 29 heavy (non-hydrogen) atoms. The van der Waals surface area contributed by atoms with Crippen molar-refractivity contribution in [1.82, 2.24) is 4.90 Å². The third-order valence-electron chi connectivity index (χ3n) is 4.89. The molecule has 1 N–H and O–H groups in total. The molecule has 1 saturated heterocycles. The molecule has 7 heteroatoms. The molecule has 1 aromatic rings. The minimum atomic E-state index is -4.71. The minimum Gasteiger partial charge on any atom is -0.406 e. The fraction of sp³-hybridized carbons (Fsp3) is 0.682. The lowest BCUT2D eigenvalue weighted by molar-refractivity contribution is -0.274. The Morgan fingerprint density at radius 1 is 1.03 bits per heavy atom. The lowest BCUT2D eigenvalue weighted by Gasteiger charge is -2.31. The number of nitrogens with one attached hydrogen (secondary N) is 1.